The third-order valence-electron chi connectivity index (χ3n) is 2.73. The summed E-state index contributed by atoms with van der Waals surface area (Å²) in [5.41, 5.74) is 0.544. The molecule has 0 aliphatic carbocycles. The number of aromatic nitrogens is 2. The molecule has 1 aromatic rings. The number of hydrogen-bond acceptors (Lipinski definition) is 5. The molecule has 0 radical (unpaired) electrons. The molecule has 8 nitrogen and oxygen atoms in total. The van der Waals surface area contributed by atoms with Gasteiger partial charge in [-0.15, -0.1) is 0 Å². The standard InChI is InChI=1S/C14H21ClN4O4/c1-5-16-14(22)17-10(20)7-23-13(21)11-9(4)18-19(12(11)15)6-8(2)3/h8H,5-7H2,1-4H3,(H2,16,17,20,22). The van der Waals surface area contributed by atoms with Crippen molar-refractivity contribution in [2.24, 2.45) is 5.92 Å². The van der Waals surface area contributed by atoms with Crippen molar-refractivity contribution >= 4 is 29.5 Å². The van der Waals surface area contributed by atoms with Crippen LogP contribution in [0, 0.1) is 12.8 Å². The van der Waals surface area contributed by atoms with Crippen LogP contribution in [0.4, 0.5) is 4.79 Å². The van der Waals surface area contributed by atoms with Crippen LogP contribution < -0.4 is 10.6 Å². The van der Waals surface area contributed by atoms with Crippen molar-refractivity contribution in [3.05, 3.63) is 16.4 Å². The lowest BCUT2D eigenvalue weighted by Gasteiger charge is -2.07. The van der Waals surface area contributed by atoms with Gasteiger partial charge in [-0.1, -0.05) is 25.4 Å². The fraction of sp³-hybridized carbons (Fsp3) is 0.571. The van der Waals surface area contributed by atoms with E-state index in [9.17, 15) is 14.4 Å². The molecular weight excluding hydrogens is 324 g/mol. The third-order valence-corrected chi connectivity index (χ3v) is 3.12. The van der Waals surface area contributed by atoms with E-state index in [4.69, 9.17) is 16.3 Å². The normalized spacial score (nSPS) is 10.5. The summed E-state index contributed by atoms with van der Waals surface area (Å²) in [7, 11) is 0. The van der Waals surface area contributed by atoms with Gasteiger partial charge in [-0.3, -0.25) is 14.8 Å². The molecule has 0 aliphatic heterocycles. The number of hydrogen-bond donors (Lipinski definition) is 2. The van der Waals surface area contributed by atoms with Crippen LogP contribution in [0.3, 0.4) is 0 Å². The monoisotopic (exact) mass is 344 g/mol. The van der Waals surface area contributed by atoms with Gasteiger partial charge in [0.25, 0.3) is 5.91 Å². The zero-order valence-corrected chi connectivity index (χ0v) is 14.4. The van der Waals surface area contributed by atoms with Crippen molar-refractivity contribution in [3.8, 4) is 0 Å². The SMILES string of the molecule is CCNC(=O)NC(=O)COC(=O)c1c(C)nn(CC(C)C)c1Cl. The average molecular weight is 345 g/mol. The molecule has 1 rings (SSSR count). The lowest BCUT2D eigenvalue weighted by Crippen LogP contribution is -2.41. The van der Waals surface area contributed by atoms with Crippen LogP contribution in [0.5, 0.6) is 0 Å². The topological polar surface area (TPSA) is 102 Å². The lowest BCUT2D eigenvalue weighted by atomic mass is 10.2. The zero-order chi connectivity index (χ0) is 17.6. The smallest absolute Gasteiger partial charge is 0.343 e. The molecule has 128 valence electrons. The van der Waals surface area contributed by atoms with E-state index in [0.717, 1.165) is 0 Å². The maximum atomic E-state index is 12.1. The van der Waals surface area contributed by atoms with Gasteiger partial charge in [0, 0.05) is 13.1 Å². The summed E-state index contributed by atoms with van der Waals surface area (Å²) in [5, 5.41) is 8.78. The van der Waals surface area contributed by atoms with Gasteiger partial charge in [-0.2, -0.15) is 5.10 Å². The summed E-state index contributed by atoms with van der Waals surface area (Å²) >= 11 is 6.14. The fourth-order valence-corrected chi connectivity index (χ4v) is 2.14. The molecule has 3 amide bonds. The minimum Gasteiger partial charge on any atom is -0.452 e. The van der Waals surface area contributed by atoms with Gasteiger partial charge in [0.15, 0.2) is 6.61 Å². The van der Waals surface area contributed by atoms with Gasteiger partial charge in [0.1, 0.15) is 10.7 Å². The number of nitrogens with zero attached hydrogens (tertiary/aromatic N) is 2. The molecule has 0 saturated carbocycles. The highest BCUT2D eigenvalue weighted by Crippen LogP contribution is 2.21. The van der Waals surface area contributed by atoms with E-state index in [1.165, 1.54) is 4.68 Å². The van der Waals surface area contributed by atoms with Crippen molar-refractivity contribution < 1.29 is 19.1 Å². The maximum Gasteiger partial charge on any atom is 0.343 e. The van der Waals surface area contributed by atoms with Crippen LogP contribution in [-0.2, 0) is 16.1 Å². The van der Waals surface area contributed by atoms with E-state index < -0.39 is 24.5 Å². The highest BCUT2D eigenvalue weighted by molar-refractivity contribution is 6.32. The fourth-order valence-electron chi connectivity index (χ4n) is 1.82. The number of amides is 3. The Kier molecular flexibility index (Phi) is 7.02. The Morgan fingerprint density at radius 3 is 2.57 bits per heavy atom. The summed E-state index contributed by atoms with van der Waals surface area (Å²) in [5.74, 6) is -1.18. The number of halogens is 1. The predicted octanol–water partition coefficient (Wildman–Crippen LogP) is 1.50. The summed E-state index contributed by atoms with van der Waals surface area (Å²) in [6, 6.07) is -0.646. The molecule has 0 spiro atoms. The van der Waals surface area contributed by atoms with Gasteiger partial charge in [-0.25, -0.2) is 9.59 Å². The minimum atomic E-state index is -0.756. The van der Waals surface area contributed by atoms with Crippen LogP contribution in [0.2, 0.25) is 5.15 Å². The summed E-state index contributed by atoms with van der Waals surface area (Å²) < 4.78 is 6.40. The molecule has 0 aliphatic rings. The molecule has 1 aromatic heterocycles. The molecule has 2 N–H and O–H groups in total. The number of nitrogens with one attached hydrogen (secondary N) is 2. The number of esters is 1. The maximum absolute atomic E-state index is 12.1. The van der Waals surface area contributed by atoms with Crippen molar-refractivity contribution in [3.63, 3.8) is 0 Å². The number of aryl methyl sites for hydroxylation is 1. The zero-order valence-electron chi connectivity index (χ0n) is 13.6. The number of urea groups is 1. The van der Waals surface area contributed by atoms with E-state index in [1.807, 2.05) is 19.2 Å². The second-order valence-corrected chi connectivity index (χ2v) is 5.67. The molecular formula is C14H21ClN4O4. The van der Waals surface area contributed by atoms with Crippen molar-refractivity contribution in [1.82, 2.24) is 20.4 Å². The Bertz CT molecular complexity index is 598. The largest absolute Gasteiger partial charge is 0.452 e. The Labute approximate surface area is 139 Å². The molecule has 9 heteroatoms. The number of carbonyl (C=O) groups excluding carboxylic acids is 3. The van der Waals surface area contributed by atoms with Gasteiger partial charge >= 0.3 is 12.0 Å². The average Bonchev–Trinajstić information content (AvgIpc) is 2.70. The highest BCUT2D eigenvalue weighted by Gasteiger charge is 2.23. The first-order valence-electron chi connectivity index (χ1n) is 7.23. The van der Waals surface area contributed by atoms with Gasteiger partial charge in [0.2, 0.25) is 0 Å². The van der Waals surface area contributed by atoms with Crippen molar-refractivity contribution in [2.45, 2.75) is 34.2 Å². The van der Waals surface area contributed by atoms with Gasteiger partial charge in [0.05, 0.1) is 5.69 Å². The molecule has 1 heterocycles. The molecule has 0 fully saturated rings. The van der Waals surface area contributed by atoms with Crippen LogP contribution in [-0.4, -0.2) is 40.8 Å². The Balaban J connectivity index is 2.66. The highest BCUT2D eigenvalue weighted by atomic mass is 35.5. The Morgan fingerprint density at radius 2 is 2.00 bits per heavy atom. The summed E-state index contributed by atoms with van der Waals surface area (Å²) in [6.07, 6.45) is 0. The summed E-state index contributed by atoms with van der Waals surface area (Å²) in [4.78, 5) is 34.7. The Hall–Kier alpha value is -2.09. The van der Waals surface area contributed by atoms with Crippen LogP contribution in [0.1, 0.15) is 36.8 Å². The number of ether oxygens (including phenoxy) is 1. The van der Waals surface area contributed by atoms with Crippen LogP contribution in [0.25, 0.3) is 0 Å². The van der Waals surface area contributed by atoms with Crippen molar-refractivity contribution in [2.75, 3.05) is 13.2 Å². The van der Waals surface area contributed by atoms with E-state index in [2.05, 4.69) is 10.4 Å². The lowest BCUT2D eigenvalue weighted by molar-refractivity contribution is -0.123. The molecule has 0 unspecified atom stereocenters. The van der Waals surface area contributed by atoms with E-state index in [-0.39, 0.29) is 10.7 Å². The first-order chi connectivity index (χ1) is 10.8. The Morgan fingerprint density at radius 1 is 1.35 bits per heavy atom. The quantitative estimate of drug-likeness (QED) is 0.761. The van der Waals surface area contributed by atoms with Crippen LogP contribution in [0.15, 0.2) is 0 Å². The molecule has 0 bridgehead atoms. The van der Waals surface area contributed by atoms with Gasteiger partial charge in [-0.05, 0) is 19.8 Å². The molecule has 0 aromatic carbocycles. The van der Waals surface area contributed by atoms with E-state index in [1.54, 1.807) is 13.8 Å². The number of imide groups is 1. The molecule has 23 heavy (non-hydrogen) atoms. The number of rotatable bonds is 6. The van der Waals surface area contributed by atoms with Gasteiger partial charge < -0.3 is 10.1 Å². The second-order valence-electron chi connectivity index (χ2n) is 5.31. The van der Waals surface area contributed by atoms with E-state index >= 15 is 0 Å². The first-order valence-corrected chi connectivity index (χ1v) is 7.61. The molecule has 0 atom stereocenters. The van der Waals surface area contributed by atoms with Crippen LogP contribution >= 0.6 is 11.6 Å². The second kappa shape index (κ2) is 8.52. The molecule has 0 saturated heterocycles. The number of carbonyl (C=O) groups is 3. The first kappa shape index (κ1) is 19.0. The summed E-state index contributed by atoms with van der Waals surface area (Å²) in [6.45, 7) is 7.69. The minimum absolute atomic E-state index is 0.123. The third kappa shape index (κ3) is 5.55. The predicted molar refractivity (Wildman–Crippen MR) is 84.3 cm³/mol. The van der Waals surface area contributed by atoms with E-state index in [0.29, 0.717) is 24.7 Å². The van der Waals surface area contributed by atoms with Crippen molar-refractivity contribution in [1.29, 1.82) is 0 Å².